The van der Waals surface area contributed by atoms with E-state index in [4.69, 9.17) is 14.0 Å². The summed E-state index contributed by atoms with van der Waals surface area (Å²) in [5.74, 6) is -3.72. The van der Waals surface area contributed by atoms with E-state index in [1.807, 2.05) is 0 Å². The number of rotatable bonds is 9. The van der Waals surface area contributed by atoms with Crippen molar-refractivity contribution in [2.45, 2.75) is 56.7 Å². The summed E-state index contributed by atoms with van der Waals surface area (Å²) in [6.45, 7) is 0.930. The minimum Gasteiger partial charge on any atom is -0.624 e. The van der Waals surface area contributed by atoms with Gasteiger partial charge in [0.2, 0.25) is 0 Å². The van der Waals surface area contributed by atoms with Gasteiger partial charge in [-0.05, 0) is 74.9 Å². The summed E-state index contributed by atoms with van der Waals surface area (Å²) < 4.78 is 16.9. The molecule has 3 atom stereocenters. The van der Waals surface area contributed by atoms with Crippen molar-refractivity contribution in [2.24, 2.45) is 0 Å². The van der Waals surface area contributed by atoms with E-state index in [0.29, 0.717) is 74.8 Å². The molecule has 3 heterocycles. The molecule has 254 valence electrons. The second kappa shape index (κ2) is 17.0. The summed E-state index contributed by atoms with van der Waals surface area (Å²) in [5, 5.41) is 0. The summed E-state index contributed by atoms with van der Waals surface area (Å²) in [5.41, 5.74) is 1.20. The Morgan fingerprint density at radius 1 is 0.460 bits per heavy atom. The van der Waals surface area contributed by atoms with Gasteiger partial charge in [0.15, 0.2) is 0 Å². The molecular weight excluding hydrogens is 652 g/mol. The zero-order valence-electron chi connectivity index (χ0n) is 28.0. The van der Waals surface area contributed by atoms with E-state index in [-0.39, 0.29) is 47.3 Å². The Labute approximate surface area is 312 Å². The van der Waals surface area contributed by atoms with E-state index in [1.54, 1.807) is 91.0 Å². The van der Waals surface area contributed by atoms with Crippen molar-refractivity contribution < 1.29 is 72.3 Å². The maximum absolute atomic E-state index is 13.6. The topological polar surface area (TPSA) is 140 Å². The van der Waals surface area contributed by atoms with Crippen molar-refractivity contribution in [1.29, 1.82) is 0 Å². The number of amides is 3. The third-order valence-electron chi connectivity index (χ3n) is 9.20. The van der Waals surface area contributed by atoms with Crippen LogP contribution in [0.1, 0.15) is 69.6 Å². The second-order valence-corrected chi connectivity index (χ2v) is 12.3. The number of likely N-dealkylation sites (tertiary alicyclic amines) is 3. The van der Waals surface area contributed by atoms with Crippen LogP contribution >= 0.6 is 0 Å². The molecule has 0 radical (unpaired) electrons. The molecule has 12 nitrogen and oxygen atoms in total. The van der Waals surface area contributed by atoms with Crippen molar-refractivity contribution in [3.05, 3.63) is 108 Å². The average Bonchev–Trinajstić information content (AvgIpc) is 3.93. The van der Waals surface area contributed by atoms with Gasteiger partial charge in [0.1, 0.15) is 18.1 Å². The maximum Gasteiger partial charge on any atom is 1.00 e. The fraction of sp³-hybridized carbons (Fsp3) is 0.333. The molecule has 0 bridgehead atoms. The van der Waals surface area contributed by atoms with Gasteiger partial charge in [-0.2, -0.15) is 0 Å². The molecule has 6 rings (SSSR count). The molecule has 3 fully saturated rings. The normalized spacial score (nSPS) is 19.9. The van der Waals surface area contributed by atoms with E-state index in [0.717, 1.165) is 0 Å². The number of carbonyl (C=O) groups is 6. The van der Waals surface area contributed by atoms with Crippen LogP contribution in [0, 0.1) is 0 Å². The van der Waals surface area contributed by atoms with Crippen LogP contribution in [0.15, 0.2) is 91.0 Å². The Morgan fingerprint density at radius 3 is 0.980 bits per heavy atom. The predicted octanol–water partition coefficient (Wildman–Crippen LogP) is 0.252. The molecule has 0 spiro atoms. The molecule has 0 aliphatic carbocycles. The Hall–Kier alpha value is -4.46. The molecule has 3 aromatic rings. The number of hydrogen-bond acceptors (Lipinski definition) is 9. The van der Waals surface area contributed by atoms with Crippen molar-refractivity contribution in [2.75, 3.05) is 19.6 Å². The van der Waals surface area contributed by atoms with Crippen molar-refractivity contribution in [1.82, 2.24) is 14.7 Å². The Bertz CT molecular complexity index is 1500. The van der Waals surface area contributed by atoms with Gasteiger partial charge in [-0.1, -0.05) is 54.6 Å². The van der Waals surface area contributed by atoms with Gasteiger partial charge in [-0.3, -0.25) is 28.8 Å². The largest absolute Gasteiger partial charge is 1.00 e. The van der Waals surface area contributed by atoms with Crippen LogP contribution < -0.4 is 29.6 Å². The van der Waals surface area contributed by atoms with Crippen molar-refractivity contribution in [3.8, 4) is 0 Å². The molecule has 0 aromatic heterocycles. The van der Waals surface area contributed by atoms with Gasteiger partial charge >= 0.3 is 36.9 Å². The maximum atomic E-state index is 13.6. The second-order valence-electron chi connectivity index (χ2n) is 12.3. The molecule has 3 saturated heterocycles. The van der Waals surface area contributed by atoms with Crippen LogP contribution in [0.3, 0.4) is 0 Å². The first-order valence-electron chi connectivity index (χ1n) is 16.7. The molecule has 0 unspecified atom stereocenters. The summed E-state index contributed by atoms with van der Waals surface area (Å²) >= 11 is 0. The van der Waals surface area contributed by atoms with Crippen LogP contribution in [0.4, 0.5) is 0 Å². The molecule has 50 heavy (non-hydrogen) atoms. The van der Waals surface area contributed by atoms with Crippen LogP contribution in [0.2, 0.25) is 0 Å². The fourth-order valence-corrected chi connectivity index (χ4v) is 6.73. The standard InChI is InChI=1S/C36H37BN3O9.Na/c41-31(25-13-4-1-5-14-25)38-22-10-19-28(38)34(44)47-37(48-35(45)29-20-11-23-39(29)32(42)26-15-6-2-7-16-26)49-36(46)30-21-12-24-40(30)33(43)27-17-8-3-9-18-27;/h1-9,13-18,28-30,37H,10-12,19-24H2;/q-1;+1/t28-,29-,30-;/m0./s1. The minimum absolute atomic E-state index is 0. The molecule has 3 aliphatic rings. The number of hydrogen-bond donors (Lipinski definition) is 0. The van der Waals surface area contributed by atoms with Crippen LogP contribution in [0.25, 0.3) is 0 Å². The number of carbonyl (C=O) groups excluding carboxylic acids is 6. The molecule has 3 aliphatic heterocycles. The number of nitrogens with zero attached hydrogens (tertiary/aromatic N) is 3. The van der Waals surface area contributed by atoms with Crippen molar-refractivity contribution in [3.63, 3.8) is 0 Å². The van der Waals surface area contributed by atoms with Crippen molar-refractivity contribution >= 4 is 43.0 Å². The molecule has 14 heteroatoms. The molecule has 0 saturated carbocycles. The van der Waals surface area contributed by atoms with E-state index in [2.05, 4.69) is 0 Å². The van der Waals surface area contributed by atoms with E-state index >= 15 is 0 Å². The predicted molar refractivity (Wildman–Crippen MR) is 177 cm³/mol. The van der Waals surface area contributed by atoms with Gasteiger partial charge in [-0.15, -0.1) is 0 Å². The number of benzene rings is 3. The molecule has 3 aromatic carbocycles. The summed E-state index contributed by atoms with van der Waals surface area (Å²) in [4.78, 5) is 84.8. The van der Waals surface area contributed by atoms with Gasteiger partial charge in [0, 0.05) is 36.3 Å². The van der Waals surface area contributed by atoms with E-state index in [1.165, 1.54) is 14.7 Å². The Balaban J connectivity index is 0.00000486. The summed E-state index contributed by atoms with van der Waals surface area (Å²) in [7, 11) is -3.21. The third kappa shape index (κ3) is 8.28. The Morgan fingerprint density at radius 2 is 0.720 bits per heavy atom. The summed E-state index contributed by atoms with van der Waals surface area (Å²) in [6, 6.07) is 22.6. The van der Waals surface area contributed by atoms with Gasteiger partial charge < -0.3 is 28.7 Å². The first-order chi connectivity index (χ1) is 23.8. The van der Waals surface area contributed by atoms with Crippen LogP contribution in [0.5, 0.6) is 0 Å². The third-order valence-corrected chi connectivity index (χ3v) is 9.20. The zero-order valence-corrected chi connectivity index (χ0v) is 30.0. The van der Waals surface area contributed by atoms with Gasteiger partial charge in [-0.25, -0.2) is 0 Å². The van der Waals surface area contributed by atoms with E-state index in [9.17, 15) is 28.8 Å². The van der Waals surface area contributed by atoms with E-state index < -0.39 is 43.4 Å². The summed E-state index contributed by atoms with van der Waals surface area (Å²) in [6.07, 6.45) is 2.51. The SMILES string of the molecule is O=C(O[BH-](OC(=O)[C@@H]1CCCN1C(=O)c1ccccc1)OC(=O)[C@@H]1CCCN1C(=O)c1ccccc1)[C@@H]1CCCN1C(=O)c1ccccc1.[Na+]. The average molecular weight is 690 g/mol. The molecule has 3 amide bonds. The van der Waals surface area contributed by atoms with Gasteiger partial charge in [0.05, 0.1) is 0 Å². The monoisotopic (exact) mass is 689 g/mol. The fourth-order valence-electron chi connectivity index (χ4n) is 6.73. The quantitative estimate of drug-likeness (QED) is 0.290. The molecule has 0 N–H and O–H groups in total. The molecular formula is C36H37BN3NaO9. The first-order valence-corrected chi connectivity index (χ1v) is 16.7. The zero-order chi connectivity index (χ0) is 34.3. The van der Waals surface area contributed by atoms with Crippen LogP contribution in [-0.4, -0.2) is 95.4 Å². The van der Waals surface area contributed by atoms with Crippen LogP contribution in [-0.2, 0) is 28.3 Å². The van der Waals surface area contributed by atoms with Gasteiger partial charge in [0.25, 0.3) is 35.6 Å². The first kappa shape index (κ1) is 36.8. The minimum atomic E-state index is -3.21. The Kier molecular flexibility index (Phi) is 12.5. The smallest absolute Gasteiger partial charge is 0.624 e.